The van der Waals surface area contributed by atoms with Crippen molar-refractivity contribution < 1.29 is 9.47 Å². The predicted octanol–water partition coefficient (Wildman–Crippen LogP) is 1.80. The molecule has 0 aliphatic heterocycles. The summed E-state index contributed by atoms with van der Waals surface area (Å²) in [5.74, 6) is 1.72. The first-order valence-corrected chi connectivity index (χ1v) is 6.06. The van der Waals surface area contributed by atoms with Gasteiger partial charge >= 0.3 is 0 Å². The lowest BCUT2D eigenvalue weighted by molar-refractivity contribution is 0.356. The second-order valence-electron chi connectivity index (χ2n) is 4.41. The van der Waals surface area contributed by atoms with Crippen molar-refractivity contribution in [3.8, 4) is 11.5 Å². The highest BCUT2D eigenvalue weighted by Gasteiger charge is 2.10. The van der Waals surface area contributed by atoms with Gasteiger partial charge in [-0.05, 0) is 19.1 Å². The first-order chi connectivity index (χ1) is 9.62. The minimum Gasteiger partial charge on any atom is -0.493 e. The third kappa shape index (κ3) is 1.85. The normalized spacial score (nSPS) is 10.9. The molecule has 0 fully saturated rings. The fourth-order valence-corrected chi connectivity index (χ4v) is 2.16. The molecule has 102 valence electrons. The molecular weight excluding hydrogens is 258 g/mol. The second-order valence-corrected chi connectivity index (χ2v) is 4.41. The van der Waals surface area contributed by atoms with Gasteiger partial charge in [-0.25, -0.2) is 9.97 Å². The molecule has 0 amide bonds. The number of aromatic nitrogens is 3. The van der Waals surface area contributed by atoms with Gasteiger partial charge in [0.05, 0.1) is 25.1 Å². The summed E-state index contributed by atoms with van der Waals surface area (Å²) in [6.45, 7) is 1.72. The first kappa shape index (κ1) is 12.4. The maximum atomic E-state index is 11.9. The number of hydrogen-bond acceptors (Lipinski definition) is 5. The average molecular weight is 271 g/mol. The molecule has 0 spiro atoms. The van der Waals surface area contributed by atoms with Crippen molar-refractivity contribution in [1.82, 2.24) is 15.0 Å². The van der Waals surface area contributed by atoms with Crippen LogP contribution in [0.2, 0.25) is 0 Å². The van der Waals surface area contributed by atoms with Crippen molar-refractivity contribution in [2.45, 2.75) is 6.92 Å². The van der Waals surface area contributed by atoms with Crippen molar-refractivity contribution in [3.05, 3.63) is 34.4 Å². The molecule has 2 aromatic heterocycles. The molecule has 1 aromatic carbocycles. The van der Waals surface area contributed by atoms with E-state index in [2.05, 4.69) is 15.0 Å². The van der Waals surface area contributed by atoms with E-state index in [0.717, 1.165) is 5.39 Å². The summed E-state index contributed by atoms with van der Waals surface area (Å²) in [4.78, 5) is 23.3. The Morgan fingerprint density at radius 3 is 2.45 bits per heavy atom. The van der Waals surface area contributed by atoms with Crippen LogP contribution in [-0.4, -0.2) is 29.2 Å². The third-order valence-electron chi connectivity index (χ3n) is 3.11. The molecule has 2 heterocycles. The zero-order chi connectivity index (χ0) is 14.3. The SMILES string of the molecule is COc1cc2cc3c(=O)[nH]c(C)nc3nc2cc1OC. The van der Waals surface area contributed by atoms with E-state index in [4.69, 9.17) is 9.47 Å². The van der Waals surface area contributed by atoms with Crippen LogP contribution in [0.15, 0.2) is 23.0 Å². The standard InChI is InChI=1S/C14H13N3O3/c1-7-15-13-9(14(18)16-7)4-8-5-11(19-2)12(20-3)6-10(8)17-13/h4-6H,1-3H3,(H,15,16,17,18). The molecule has 0 radical (unpaired) electrons. The Labute approximate surface area is 114 Å². The molecule has 1 N–H and O–H groups in total. The highest BCUT2D eigenvalue weighted by Crippen LogP contribution is 2.31. The molecule has 3 rings (SSSR count). The molecule has 6 heteroatoms. The quantitative estimate of drug-likeness (QED) is 0.719. The zero-order valence-electron chi connectivity index (χ0n) is 11.4. The van der Waals surface area contributed by atoms with Gasteiger partial charge in [0.15, 0.2) is 17.1 Å². The number of fused-ring (bicyclic) bond motifs is 2. The van der Waals surface area contributed by atoms with Gasteiger partial charge in [0, 0.05) is 11.5 Å². The number of aryl methyl sites for hydroxylation is 1. The number of hydrogen-bond donors (Lipinski definition) is 1. The Morgan fingerprint density at radius 1 is 1.05 bits per heavy atom. The monoisotopic (exact) mass is 271 g/mol. The lowest BCUT2D eigenvalue weighted by Crippen LogP contribution is -2.10. The van der Waals surface area contributed by atoms with E-state index >= 15 is 0 Å². The number of aromatic amines is 1. The van der Waals surface area contributed by atoms with E-state index < -0.39 is 0 Å². The van der Waals surface area contributed by atoms with Crippen LogP contribution in [0.3, 0.4) is 0 Å². The van der Waals surface area contributed by atoms with E-state index in [1.807, 2.05) is 0 Å². The van der Waals surface area contributed by atoms with Crippen molar-refractivity contribution in [2.75, 3.05) is 14.2 Å². The van der Waals surface area contributed by atoms with Crippen LogP contribution in [0, 0.1) is 6.92 Å². The second kappa shape index (κ2) is 4.48. The maximum absolute atomic E-state index is 11.9. The Bertz CT molecular complexity index is 871. The van der Waals surface area contributed by atoms with Gasteiger partial charge in [-0.15, -0.1) is 0 Å². The number of rotatable bonds is 2. The fourth-order valence-electron chi connectivity index (χ4n) is 2.16. The van der Waals surface area contributed by atoms with Gasteiger partial charge in [0.1, 0.15) is 5.82 Å². The summed E-state index contributed by atoms with van der Waals surface area (Å²) in [5.41, 5.74) is 0.926. The number of ether oxygens (including phenoxy) is 2. The number of H-pyrrole nitrogens is 1. The van der Waals surface area contributed by atoms with Crippen LogP contribution in [0.5, 0.6) is 11.5 Å². The predicted molar refractivity (Wildman–Crippen MR) is 75.5 cm³/mol. The number of nitrogens with zero attached hydrogens (tertiary/aromatic N) is 2. The van der Waals surface area contributed by atoms with E-state index in [0.29, 0.717) is 33.9 Å². The highest BCUT2D eigenvalue weighted by atomic mass is 16.5. The van der Waals surface area contributed by atoms with Gasteiger partial charge < -0.3 is 14.5 Å². The minimum atomic E-state index is -0.198. The molecule has 3 aromatic rings. The van der Waals surface area contributed by atoms with Gasteiger partial charge in [-0.1, -0.05) is 0 Å². The molecule has 0 bridgehead atoms. The van der Waals surface area contributed by atoms with Crippen LogP contribution in [0.25, 0.3) is 21.9 Å². The molecule has 6 nitrogen and oxygen atoms in total. The molecular formula is C14H13N3O3. The zero-order valence-corrected chi connectivity index (χ0v) is 11.4. The molecule has 0 saturated heterocycles. The Balaban J connectivity index is 2.41. The largest absolute Gasteiger partial charge is 0.493 e. The molecule has 0 saturated carbocycles. The topological polar surface area (TPSA) is 77.1 Å². The van der Waals surface area contributed by atoms with E-state index in [9.17, 15) is 4.79 Å². The molecule has 0 aliphatic rings. The summed E-state index contributed by atoms with van der Waals surface area (Å²) in [6.07, 6.45) is 0. The van der Waals surface area contributed by atoms with Crippen LogP contribution in [-0.2, 0) is 0 Å². The van der Waals surface area contributed by atoms with Gasteiger partial charge in [-0.2, -0.15) is 0 Å². The summed E-state index contributed by atoms with van der Waals surface area (Å²) in [7, 11) is 3.13. The van der Waals surface area contributed by atoms with Gasteiger partial charge in [-0.3, -0.25) is 4.79 Å². The van der Waals surface area contributed by atoms with Crippen LogP contribution in [0.1, 0.15) is 5.82 Å². The smallest absolute Gasteiger partial charge is 0.260 e. The van der Waals surface area contributed by atoms with Crippen molar-refractivity contribution in [3.63, 3.8) is 0 Å². The van der Waals surface area contributed by atoms with Gasteiger partial charge in [0.2, 0.25) is 0 Å². The number of methoxy groups -OCH3 is 2. The maximum Gasteiger partial charge on any atom is 0.260 e. The Morgan fingerprint density at radius 2 is 1.75 bits per heavy atom. The molecule has 0 aliphatic carbocycles. The summed E-state index contributed by atoms with van der Waals surface area (Å²) in [5, 5.41) is 1.25. The summed E-state index contributed by atoms with van der Waals surface area (Å²) < 4.78 is 10.5. The van der Waals surface area contributed by atoms with E-state index in [1.54, 1.807) is 39.3 Å². The first-order valence-electron chi connectivity index (χ1n) is 6.06. The van der Waals surface area contributed by atoms with Crippen molar-refractivity contribution in [2.24, 2.45) is 0 Å². The lowest BCUT2D eigenvalue weighted by Gasteiger charge is -2.09. The highest BCUT2D eigenvalue weighted by molar-refractivity contribution is 5.92. The Kier molecular flexibility index (Phi) is 2.78. The third-order valence-corrected chi connectivity index (χ3v) is 3.11. The number of nitrogens with one attached hydrogen (secondary N) is 1. The summed E-state index contributed by atoms with van der Waals surface area (Å²) >= 11 is 0. The molecule has 0 atom stereocenters. The molecule has 20 heavy (non-hydrogen) atoms. The number of pyridine rings is 1. The lowest BCUT2D eigenvalue weighted by atomic mass is 10.1. The number of benzene rings is 1. The van der Waals surface area contributed by atoms with Crippen LogP contribution in [0.4, 0.5) is 0 Å². The van der Waals surface area contributed by atoms with Crippen molar-refractivity contribution >= 4 is 21.9 Å². The average Bonchev–Trinajstić information content (AvgIpc) is 2.44. The fraction of sp³-hybridized carbons (Fsp3) is 0.214. The summed E-state index contributed by atoms with van der Waals surface area (Å²) in [6, 6.07) is 5.32. The van der Waals surface area contributed by atoms with E-state index in [-0.39, 0.29) is 5.56 Å². The molecule has 0 unspecified atom stereocenters. The van der Waals surface area contributed by atoms with Crippen LogP contribution < -0.4 is 15.0 Å². The van der Waals surface area contributed by atoms with Gasteiger partial charge in [0.25, 0.3) is 5.56 Å². The minimum absolute atomic E-state index is 0.198. The van der Waals surface area contributed by atoms with Crippen molar-refractivity contribution in [1.29, 1.82) is 0 Å². The van der Waals surface area contributed by atoms with E-state index in [1.165, 1.54) is 0 Å². The van der Waals surface area contributed by atoms with Crippen LogP contribution >= 0.6 is 0 Å². The Hall–Kier alpha value is -2.63.